The molecule has 1 aromatic rings. The number of aromatic nitrogens is 1. The molecule has 1 fully saturated rings. The largest absolute Gasteiger partial charge is 0.461 e. The lowest BCUT2D eigenvalue weighted by Gasteiger charge is -2.07. The number of pyridine rings is 1. The van der Waals surface area contributed by atoms with Crippen molar-refractivity contribution in [3.63, 3.8) is 0 Å². The number of hydrogen-bond acceptors (Lipinski definition) is 5. The van der Waals surface area contributed by atoms with E-state index in [1.54, 1.807) is 6.92 Å². The van der Waals surface area contributed by atoms with Gasteiger partial charge in [-0.2, -0.15) is 0 Å². The van der Waals surface area contributed by atoms with Gasteiger partial charge in [-0.25, -0.2) is 9.78 Å². The second-order valence-electron chi connectivity index (χ2n) is 5.00. The van der Waals surface area contributed by atoms with E-state index in [0.29, 0.717) is 17.9 Å². The van der Waals surface area contributed by atoms with Crippen LogP contribution >= 0.6 is 0 Å². The molecule has 0 saturated heterocycles. The minimum atomic E-state index is -0.635. The molecule has 0 unspecified atom stereocenters. The number of Topliss-reactive ketones (excluding diaryl/α,β-unsaturated/α-hetero) is 1. The Balaban J connectivity index is 2.33. The van der Waals surface area contributed by atoms with Gasteiger partial charge in [-0.1, -0.05) is 0 Å². The normalized spacial score (nSPS) is 13.6. The Morgan fingerprint density at radius 3 is 2.52 bits per heavy atom. The van der Waals surface area contributed by atoms with Crippen molar-refractivity contribution in [3.05, 3.63) is 29.1 Å². The van der Waals surface area contributed by atoms with Gasteiger partial charge < -0.3 is 10.1 Å². The van der Waals surface area contributed by atoms with Crippen LogP contribution in [-0.2, 0) is 4.74 Å². The van der Waals surface area contributed by atoms with E-state index in [-0.39, 0.29) is 23.8 Å². The average Bonchev–Trinajstić information content (AvgIpc) is 3.30. The first-order valence-electron chi connectivity index (χ1n) is 6.99. The fourth-order valence-electron chi connectivity index (χ4n) is 1.95. The van der Waals surface area contributed by atoms with Gasteiger partial charge in [-0.15, -0.1) is 0 Å². The number of ether oxygens (including phenoxy) is 1. The summed E-state index contributed by atoms with van der Waals surface area (Å²) in [6, 6.07) is 2.82. The summed E-state index contributed by atoms with van der Waals surface area (Å²) in [6.07, 6.45) is 2.56. The van der Waals surface area contributed by atoms with Gasteiger partial charge in [0.1, 0.15) is 11.4 Å². The van der Waals surface area contributed by atoms with Gasteiger partial charge in [-0.05, 0) is 37.8 Å². The Kier molecular flexibility index (Phi) is 4.67. The third-order valence-electron chi connectivity index (χ3n) is 3.26. The number of carbonyl (C=O) groups is 3. The van der Waals surface area contributed by atoms with Gasteiger partial charge >= 0.3 is 5.97 Å². The molecule has 1 heterocycles. The van der Waals surface area contributed by atoms with Crippen molar-refractivity contribution in [2.24, 2.45) is 5.92 Å². The molecule has 1 aliphatic carbocycles. The monoisotopic (exact) mass is 290 g/mol. The number of esters is 1. The van der Waals surface area contributed by atoms with Gasteiger partial charge in [0, 0.05) is 19.0 Å². The van der Waals surface area contributed by atoms with Crippen LogP contribution in [-0.4, -0.2) is 36.3 Å². The minimum Gasteiger partial charge on any atom is -0.461 e. The fourth-order valence-corrected chi connectivity index (χ4v) is 1.95. The predicted octanol–water partition coefficient (Wildman–Crippen LogP) is 1.60. The molecule has 1 saturated carbocycles. The predicted molar refractivity (Wildman–Crippen MR) is 75.3 cm³/mol. The maximum absolute atomic E-state index is 12.2. The number of nitrogens with zero attached hydrogens (tertiary/aromatic N) is 1. The second-order valence-corrected chi connectivity index (χ2v) is 5.00. The molecule has 1 N–H and O–H groups in total. The Bertz CT molecular complexity index is 579. The molecule has 112 valence electrons. The standard InChI is InChI=1S/C15H18N2O4/c1-3-21-15(20)12-8-10(13(18)6-9-4-5-9)7-11(17-12)14(19)16-2/h7-9H,3-6H2,1-2H3,(H,16,19). The van der Waals surface area contributed by atoms with Crippen molar-refractivity contribution in [1.82, 2.24) is 10.3 Å². The van der Waals surface area contributed by atoms with Crippen molar-refractivity contribution in [3.8, 4) is 0 Å². The summed E-state index contributed by atoms with van der Waals surface area (Å²) in [6.45, 7) is 1.88. The summed E-state index contributed by atoms with van der Waals surface area (Å²) in [5.41, 5.74) is 0.359. The van der Waals surface area contributed by atoms with Crippen molar-refractivity contribution >= 4 is 17.7 Å². The molecule has 0 radical (unpaired) electrons. The first-order chi connectivity index (χ1) is 10.0. The molecule has 1 aliphatic rings. The van der Waals surface area contributed by atoms with E-state index in [0.717, 1.165) is 12.8 Å². The molecule has 6 heteroatoms. The average molecular weight is 290 g/mol. The zero-order valence-electron chi connectivity index (χ0n) is 12.1. The van der Waals surface area contributed by atoms with Crippen LogP contribution in [0.5, 0.6) is 0 Å². The van der Waals surface area contributed by atoms with Gasteiger partial charge in [0.2, 0.25) is 0 Å². The van der Waals surface area contributed by atoms with Crippen molar-refractivity contribution in [1.29, 1.82) is 0 Å². The number of hydrogen-bond donors (Lipinski definition) is 1. The summed E-state index contributed by atoms with van der Waals surface area (Å²) in [5.74, 6) is -0.721. The molecule has 6 nitrogen and oxygen atoms in total. The lowest BCUT2D eigenvalue weighted by molar-refractivity contribution is 0.0519. The topological polar surface area (TPSA) is 85.4 Å². The number of rotatable bonds is 6. The van der Waals surface area contributed by atoms with Crippen molar-refractivity contribution in [2.75, 3.05) is 13.7 Å². The van der Waals surface area contributed by atoms with Crippen LogP contribution in [0.1, 0.15) is 57.5 Å². The van der Waals surface area contributed by atoms with E-state index in [2.05, 4.69) is 10.3 Å². The molecule has 1 aromatic heterocycles. The molecule has 2 rings (SSSR count). The summed E-state index contributed by atoms with van der Waals surface area (Å²) in [4.78, 5) is 39.6. The second kappa shape index (κ2) is 6.47. The number of carbonyl (C=O) groups excluding carboxylic acids is 3. The first-order valence-corrected chi connectivity index (χ1v) is 6.99. The van der Waals surface area contributed by atoms with E-state index in [4.69, 9.17) is 4.74 Å². The highest BCUT2D eigenvalue weighted by atomic mass is 16.5. The van der Waals surface area contributed by atoms with E-state index in [1.165, 1.54) is 19.2 Å². The molecule has 0 aliphatic heterocycles. The third-order valence-corrected chi connectivity index (χ3v) is 3.26. The summed E-state index contributed by atoms with van der Waals surface area (Å²) >= 11 is 0. The quantitative estimate of drug-likeness (QED) is 0.635. The maximum Gasteiger partial charge on any atom is 0.356 e. The highest BCUT2D eigenvalue weighted by Crippen LogP contribution is 2.33. The zero-order chi connectivity index (χ0) is 15.4. The minimum absolute atomic E-state index is 0.0166. The fraction of sp³-hybridized carbons (Fsp3) is 0.467. The van der Waals surface area contributed by atoms with E-state index < -0.39 is 11.9 Å². The maximum atomic E-state index is 12.2. The Morgan fingerprint density at radius 1 is 1.29 bits per heavy atom. The summed E-state index contributed by atoms with van der Waals surface area (Å²) in [7, 11) is 1.47. The van der Waals surface area contributed by atoms with Crippen LogP contribution < -0.4 is 5.32 Å². The molecular formula is C15H18N2O4. The summed E-state index contributed by atoms with van der Waals surface area (Å²) in [5, 5.41) is 2.43. The molecule has 21 heavy (non-hydrogen) atoms. The first kappa shape index (κ1) is 15.2. The Labute approximate surface area is 122 Å². The number of nitrogens with one attached hydrogen (secondary N) is 1. The molecular weight excluding hydrogens is 272 g/mol. The van der Waals surface area contributed by atoms with Gasteiger partial charge in [0.05, 0.1) is 6.61 Å². The van der Waals surface area contributed by atoms with E-state index in [1.807, 2.05) is 0 Å². The third kappa shape index (κ3) is 3.87. The van der Waals surface area contributed by atoms with E-state index in [9.17, 15) is 14.4 Å². The van der Waals surface area contributed by atoms with Crippen molar-refractivity contribution in [2.45, 2.75) is 26.2 Å². The van der Waals surface area contributed by atoms with Crippen LogP contribution in [0.2, 0.25) is 0 Å². The molecule has 1 amide bonds. The van der Waals surface area contributed by atoms with Crippen LogP contribution in [0.3, 0.4) is 0 Å². The number of ketones is 1. The smallest absolute Gasteiger partial charge is 0.356 e. The molecule has 0 aromatic carbocycles. The van der Waals surface area contributed by atoms with Gasteiger partial charge in [0.15, 0.2) is 5.78 Å². The van der Waals surface area contributed by atoms with Crippen LogP contribution in [0.4, 0.5) is 0 Å². The number of amides is 1. The highest BCUT2D eigenvalue weighted by Gasteiger charge is 2.26. The summed E-state index contributed by atoms with van der Waals surface area (Å²) < 4.78 is 4.88. The van der Waals surface area contributed by atoms with Crippen molar-refractivity contribution < 1.29 is 19.1 Å². The van der Waals surface area contributed by atoms with Crippen LogP contribution in [0, 0.1) is 5.92 Å². The van der Waals surface area contributed by atoms with E-state index >= 15 is 0 Å². The Hall–Kier alpha value is -2.24. The lowest BCUT2D eigenvalue weighted by atomic mass is 10.0. The SMILES string of the molecule is CCOC(=O)c1cc(C(=O)CC2CC2)cc(C(=O)NC)n1. The van der Waals surface area contributed by atoms with Gasteiger partial charge in [0.25, 0.3) is 5.91 Å². The van der Waals surface area contributed by atoms with Gasteiger partial charge in [-0.3, -0.25) is 9.59 Å². The van der Waals surface area contributed by atoms with Crippen LogP contribution in [0.15, 0.2) is 12.1 Å². The lowest BCUT2D eigenvalue weighted by Crippen LogP contribution is -2.22. The molecule has 0 atom stereocenters. The van der Waals surface area contributed by atoms with Crippen LogP contribution in [0.25, 0.3) is 0 Å². The highest BCUT2D eigenvalue weighted by molar-refractivity contribution is 6.02. The Morgan fingerprint density at radius 2 is 1.95 bits per heavy atom. The molecule has 0 bridgehead atoms. The molecule has 0 spiro atoms. The zero-order valence-corrected chi connectivity index (χ0v) is 12.1.